The zero-order valence-electron chi connectivity index (χ0n) is 12.6. The molecule has 11 nitrogen and oxygen atoms in total. The second-order valence-electron chi connectivity index (χ2n) is 5.01. The average Bonchev–Trinajstić information content (AvgIpc) is 2.36. The van der Waals surface area contributed by atoms with E-state index in [0.29, 0.717) is 0 Å². The van der Waals surface area contributed by atoms with Crippen LogP contribution < -0.4 is 16.4 Å². The predicted octanol–water partition coefficient (Wildman–Crippen LogP) is -1.58. The number of unbranched alkanes of at least 4 members (excludes halogenated alkanes) is 1. The summed E-state index contributed by atoms with van der Waals surface area (Å²) < 4.78 is 22.1. The molecule has 0 saturated carbocycles. The molecule has 2 amide bonds. The molecule has 0 aliphatic carbocycles. The van der Waals surface area contributed by atoms with Crippen LogP contribution in [0.5, 0.6) is 0 Å². The lowest BCUT2D eigenvalue weighted by atomic mass is 10.2. The molecule has 0 aromatic heterocycles. The number of rotatable bonds is 10. The van der Waals surface area contributed by atoms with Crippen LogP contribution in [0.1, 0.15) is 26.2 Å². The Labute approximate surface area is 133 Å². The van der Waals surface area contributed by atoms with Crippen molar-refractivity contribution in [2.45, 2.75) is 37.6 Å². The fourth-order valence-electron chi connectivity index (χ4n) is 1.60. The second kappa shape index (κ2) is 9.48. The molecule has 0 heterocycles. The average molecular weight is 375 g/mol. The molecule has 0 fully saturated rings. The molecule has 0 rings (SSSR count). The van der Waals surface area contributed by atoms with Crippen LogP contribution in [-0.4, -0.2) is 55.9 Å². The fraction of sp³-hybridized carbons (Fsp3) is 0.800. The largest absolute Gasteiger partial charge is 0.355 e. The Morgan fingerprint density at radius 1 is 1.04 bits per heavy atom. The zero-order valence-corrected chi connectivity index (χ0v) is 14.4. The van der Waals surface area contributed by atoms with E-state index in [1.807, 2.05) is 0 Å². The zero-order chi connectivity index (χ0) is 18.3. The van der Waals surface area contributed by atoms with Crippen LogP contribution in [0.25, 0.3) is 0 Å². The van der Waals surface area contributed by atoms with E-state index < -0.39 is 38.4 Å². The van der Waals surface area contributed by atoms with Gasteiger partial charge in [0, 0.05) is 6.54 Å². The lowest BCUT2D eigenvalue weighted by molar-refractivity contribution is -0.126. The van der Waals surface area contributed by atoms with Crippen molar-refractivity contribution in [3.05, 3.63) is 0 Å². The van der Waals surface area contributed by atoms with Gasteiger partial charge in [-0.15, -0.1) is 0 Å². The second-order valence-corrected chi connectivity index (χ2v) is 9.02. The van der Waals surface area contributed by atoms with Gasteiger partial charge in [0.05, 0.1) is 12.6 Å². The summed E-state index contributed by atoms with van der Waals surface area (Å²) in [5.41, 5.74) is 5.29. The maximum Gasteiger partial charge on any atom is 0.340 e. The monoisotopic (exact) mass is 375 g/mol. The summed E-state index contributed by atoms with van der Waals surface area (Å²) in [7, 11) is -9.81. The van der Waals surface area contributed by atoms with Crippen LogP contribution >= 0.6 is 15.2 Å². The smallest absolute Gasteiger partial charge is 0.340 e. The van der Waals surface area contributed by atoms with Crippen LogP contribution in [0.3, 0.4) is 0 Å². The van der Waals surface area contributed by atoms with Crippen LogP contribution in [0.15, 0.2) is 0 Å². The number of hydrogen-bond donors (Lipinski definition) is 7. The van der Waals surface area contributed by atoms with Gasteiger partial charge in [0.15, 0.2) is 5.40 Å². The Hall–Kier alpha value is -0.800. The first kappa shape index (κ1) is 22.2. The summed E-state index contributed by atoms with van der Waals surface area (Å²) in [6.07, 6.45) is 0.00267. The molecule has 0 unspecified atom stereocenters. The van der Waals surface area contributed by atoms with Gasteiger partial charge in [0.2, 0.25) is 11.8 Å². The van der Waals surface area contributed by atoms with Gasteiger partial charge in [-0.3, -0.25) is 18.7 Å². The fourth-order valence-corrected chi connectivity index (χ4v) is 4.21. The molecule has 0 aliphatic heterocycles. The molecule has 0 radical (unpaired) electrons. The highest BCUT2D eigenvalue weighted by atomic mass is 31.2. The molecule has 0 bridgehead atoms. The molecule has 23 heavy (non-hydrogen) atoms. The molecular formula is C10H23N3O8P2. The van der Waals surface area contributed by atoms with Gasteiger partial charge >= 0.3 is 15.2 Å². The van der Waals surface area contributed by atoms with Gasteiger partial charge in [0.25, 0.3) is 0 Å². The van der Waals surface area contributed by atoms with Crippen molar-refractivity contribution in [2.75, 3.05) is 13.1 Å². The van der Waals surface area contributed by atoms with Gasteiger partial charge in [-0.1, -0.05) is 6.42 Å². The van der Waals surface area contributed by atoms with Gasteiger partial charge in [-0.25, -0.2) is 0 Å². The standard InChI is InChI=1S/C10H23N3O8P2/c1-7(11)10(15)13-6-8(14)12-5-3-2-4-9(22(16,17)18)23(19,20)21/h7,9H,2-6,11H2,1H3,(H,12,14)(H,13,15)(H2,16,17,18)(H2,19,20,21)/t7-/m0/s1. The van der Waals surface area contributed by atoms with Crippen molar-refractivity contribution in [1.29, 1.82) is 0 Å². The number of nitrogens with two attached hydrogens (primary N) is 1. The summed E-state index contributed by atoms with van der Waals surface area (Å²) in [6.45, 7) is 1.35. The first-order valence-corrected chi connectivity index (χ1v) is 10.1. The molecule has 13 heteroatoms. The van der Waals surface area contributed by atoms with E-state index in [1.54, 1.807) is 0 Å². The minimum Gasteiger partial charge on any atom is -0.355 e. The first-order chi connectivity index (χ1) is 10.4. The summed E-state index contributed by atoms with van der Waals surface area (Å²) in [5.74, 6) is -0.952. The highest BCUT2D eigenvalue weighted by Gasteiger charge is 2.42. The first-order valence-electron chi connectivity index (χ1n) is 6.76. The number of nitrogens with one attached hydrogen (secondary N) is 2. The summed E-state index contributed by atoms with van der Waals surface area (Å²) in [6, 6.07) is -0.736. The van der Waals surface area contributed by atoms with Crippen molar-refractivity contribution in [3.8, 4) is 0 Å². The molecule has 1 atom stereocenters. The molecule has 0 spiro atoms. The van der Waals surface area contributed by atoms with Crippen molar-refractivity contribution >= 4 is 27.0 Å². The quantitative estimate of drug-likeness (QED) is 0.174. The third kappa shape index (κ3) is 9.83. The van der Waals surface area contributed by atoms with Gasteiger partial charge in [-0.05, 0) is 19.8 Å². The molecule has 0 aliphatic rings. The molecule has 8 N–H and O–H groups in total. The number of amides is 2. The Kier molecular flexibility index (Phi) is 9.15. The van der Waals surface area contributed by atoms with E-state index in [4.69, 9.17) is 25.3 Å². The van der Waals surface area contributed by atoms with Gasteiger partial charge in [0.1, 0.15) is 0 Å². The highest BCUT2D eigenvalue weighted by Crippen LogP contribution is 2.61. The number of carbonyl (C=O) groups is 2. The van der Waals surface area contributed by atoms with Crippen molar-refractivity contribution in [1.82, 2.24) is 10.6 Å². The van der Waals surface area contributed by atoms with Gasteiger partial charge in [-0.2, -0.15) is 0 Å². The number of hydrogen-bond acceptors (Lipinski definition) is 5. The maximum absolute atomic E-state index is 11.4. The van der Waals surface area contributed by atoms with Crippen LogP contribution in [0, 0.1) is 0 Å². The normalized spacial score (nSPS) is 13.7. The SMILES string of the molecule is C[C@H](N)C(=O)NCC(=O)NCCCCC(P(=O)(O)O)P(=O)(O)O. The van der Waals surface area contributed by atoms with Crippen LogP contribution in [-0.2, 0) is 18.7 Å². The van der Waals surface area contributed by atoms with Crippen LogP contribution in [0.2, 0.25) is 0 Å². The lowest BCUT2D eigenvalue weighted by Crippen LogP contribution is -2.43. The lowest BCUT2D eigenvalue weighted by Gasteiger charge is -2.19. The third-order valence-electron chi connectivity index (χ3n) is 2.82. The van der Waals surface area contributed by atoms with E-state index in [-0.39, 0.29) is 32.4 Å². The number of carbonyl (C=O) groups excluding carboxylic acids is 2. The summed E-state index contributed by atoms with van der Waals surface area (Å²) >= 11 is 0. The van der Waals surface area contributed by atoms with E-state index >= 15 is 0 Å². The van der Waals surface area contributed by atoms with Crippen molar-refractivity contribution in [2.24, 2.45) is 5.73 Å². The maximum atomic E-state index is 11.4. The Bertz CT molecular complexity index is 478. The van der Waals surface area contributed by atoms with Crippen molar-refractivity contribution < 1.29 is 38.3 Å². The Morgan fingerprint density at radius 3 is 2.00 bits per heavy atom. The summed E-state index contributed by atoms with van der Waals surface area (Å²) in [4.78, 5) is 58.2. The minimum atomic E-state index is -4.91. The predicted molar refractivity (Wildman–Crippen MR) is 81.4 cm³/mol. The van der Waals surface area contributed by atoms with E-state index in [1.165, 1.54) is 6.92 Å². The molecule has 0 aromatic rings. The minimum absolute atomic E-state index is 0.105. The summed E-state index contributed by atoms with van der Waals surface area (Å²) in [5, 5.41) is 2.71. The highest BCUT2D eigenvalue weighted by molar-refractivity contribution is 7.70. The van der Waals surface area contributed by atoms with E-state index in [9.17, 15) is 18.7 Å². The van der Waals surface area contributed by atoms with Crippen LogP contribution in [0.4, 0.5) is 0 Å². The topological polar surface area (TPSA) is 199 Å². The Morgan fingerprint density at radius 2 is 1.57 bits per heavy atom. The Balaban J connectivity index is 4.04. The molecule has 0 saturated heterocycles. The van der Waals surface area contributed by atoms with E-state index in [2.05, 4.69) is 10.6 Å². The van der Waals surface area contributed by atoms with Gasteiger partial charge < -0.3 is 35.9 Å². The van der Waals surface area contributed by atoms with Crippen molar-refractivity contribution in [3.63, 3.8) is 0 Å². The van der Waals surface area contributed by atoms with E-state index in [0.717, 1.165) is 0 Å². The molecular weight excluding hydrogens is 352 g/mol. The molecule has 0 aromatic carbocycles. The molecule has 136 valence electrons. The third-order valence-corrected chi connectivity index (χ3v) is 6.70.